The maximum absolute atomic E-state index is 3.58. The highest BCUT2D eigenvalue weighted by atomic mass is 32.2. The number of hydrogen-bond acceptors (Lipinski definition) is 2. The van der Waals surface area contributed by atoms with Gasteiger partial charge in [0.1, 0.15) is 0 Å². The summed E-state index contributed by atoms with van der Waals surface area (Å²) in [5.41, 5.74) is 0. The zero-order valence-corrected chi connectivity index (χ0v) is 8.58. The maximum Gasteiger partial charge on any atom is 0.0141 e. The van der Waals surface area contributed by atoms with Crippen molar-refractivity contribution in [3.63, 3.8) is 0 Å². The van der Waals surface area contributed by atoms with Crippen molar-refractivity contribution in [3.05, 3.63) is 0 Å². The monoisotopic (exact) mass is 173 g/mol. The van der Waals surface area contributed by atoms with Crippen molar-refractivity contribution in [3.8, 4) is 0 Å². The molecule has 0 aromatic rings. The molecule has 0 bridgehead atoms. The Morgan fingerprint density at radius 1 is 1.55 bits per heavy atom. The van der Waals surface area contributed by atoms with Crippen molar-refractivity contribution < 1.29 is 0 Å². The quantitative estimate of drug-likeness (QED) is 0.699. The summed E-state index contributed by atoms with van der Waals surface area (Å²) < 4.78 is 0. The molecule has 11 heavy (non-hydrogen) atoms. The van der Waals surface area contributed by atoms with Crippen molar-refractivity contribution in [2.45, 2.75) is 38.0 Å². The smallest absolute Gasteiger partial charge is 0.0141 e. The Morgan fingerprint density at radius 3 is 2.64 bits per heavy atom. The van der Waals surface area contributed by atoms with Gasteiger partial charge < -0.3 is 5.32 Å². The van der Waals surface area contributed by atoms with Gasteiger partial charge in [0.25, 0.3) is 0 Å². The van der Waals surface area contributed by atoms with E-state index in [0.29, 0.717) is 0 Å². The van der Waals surface area contributed by atoms with E-state index in [0.717, 1.165) is 17.2 Å². The van der Waals surface area contributed by atoms with Crippen LogP contribution < -0.4 is 5.32 Å². The van der Waals surface area contributed by atoms with E-state index >= 15 is 0 Å². The number of rotatable bonds is 4. The summed E-state index contributed by atoms with van der Waals surface area (Å²) in [5, 5.41) is 4.35. The Bertz CT molecular complexity index is 110. The van der Waals surface area contributed by atoms with E-state index in [1.807, 2.05) is 11.8 Å². The molecule has 1 atom stereocenters. The van der Waals surface area contributed by atoms with E-state index in [4.69, 9.17) is 0 Å². The number of hydrogen-bond donors (Lipinski definition) is 1. The van der Waals surface area contributed by atoms with Crippen LogP contribution in [0.3, 0.4) is 0 Å². The van der Waals surface area contributed by atoms with Gasteiger partial charge in [0.2, 0.25) is 0 Å². The SMILES string of the molecule is CSC(C)CNC1CC(C)C1. The summed E-state index contributed by atoms with van der Waals surface area (Å²) >= 11 is 1.94. The Hall–Kier alpha value is 0.310. The van der Waals surface area contributed by atoms with Gasteiger partial charge in [-0.25, -0.2) is 0 Å². The Kier molecular flexibility index (Phi) is 3.73. The van der Waals surface area contributed by atoms with Crippen LogP contribution in [-0.4, -0.2) is 24.1 Å². The van der Waals surface area contributed by atoms with E-state index < -0.39 is 0 Å². The highest BCUT2D eigenvalue weighted by molar-refractivity contribution is 7.99. The predicted molar refractivity (Wildman–Crippen MR) is 53.2 cm³/mol. The molecule has 1 aliphatic rings. The molecule has 1 rings (SSSR count). The molecule has 1 nitrogen and oxygen atoms in total. The second-order valence-corrected chi connectivity index (χ2v) is 5.00. The first-order valence-electron chi connectivity index (χ1n) is 4.48. The second kappa shape index (κ2) is 4.36. The molecule has 1 unspecified atom stereocenters. The molecule has 0 aromatic heterocycles. The number of nitrogens with one attached hydrogen (secondary N) is 1. The highest BCUT2D eigenvalue weighted by Gasteiger charge is 2.24. The van der Waals surface area contributed by atoms with Gasteiger partial charge in [-0.2, -0.15) is 11.8 Å². The van der Waals surface area contributed by atoms with Gasteiger partial charge in [-0.15, -0.1) is 0 Å². The molecule has 0 spiro atoms. The molecule has 0 aromatic carbocycles. The molecule has 1 aliphatic carbocycles. The van der Waals surface area contributed by atoms with E-state index in [1.165, 1.54) is 19.4 Å². The van der Waals surface area contributed by atoms with Crippen LogP contribution in [-0.2, 0) is 0 Å². The minimum atomic E-state index is 0.769. The van der Waals surface area contributed by atoms with Gasteiger partial charge in [0.15, 0.2) is 0 Å². The molecule has 1 N–H and O–H groups in total. The lowest BCUT2D eigenvalue weighted by atomic mass is 9.82. The van der Waals surface area contributed by atoms with Crippen molar-refractivity contribution in [1.29, 1.82) is 0 Å². The fourth-order valence-electron chi connectivity index (χ4n) is 1.48. The van der Waals surface area contributed by atoms with Gasteiger partial charge >= 0.3 is 0 Å². The van der Waals surface area contributed by atoms with Gasteiger partial charge in [0, 0.05) is 17.8 Å². The molecular weight excluding hydrogens is 154 g/mol. The minimum absolute atomic E-state index is 0.769. The summed E-state index contributed by atoms with van der Waals surface area (Å²) in [7, 11) is 0. The van der Waals surface area contributed by atoms with Crippen molar-refractivity contribution in [2.75, 3.05) is 12.8 Å². The van der Waals surface area contributed by atoms with Crippen molar-refractivity contribution in [1.82, 2.24) is 5.32 Å². The fourth-order valence-corrected chi connectivity index (χ4v) is 1.75. The zero-order valence-electron chi connectivity index (χ0n) is 7.76. The summed E-state index contributed by atoms with van der Waals surface area (Å²) in [6.45, 7) is 5.79. The molecule has 2 heteroatoms. The van der Waals surface area contributed by atoms with Crippen LogP contribution in [0.5, 0.6) is 0 Å². The standard InChI is InChI=1S/C9H19NS/c1-7-4-9(5-7)10-6-8(2)11-3/h7-10H,4-6H2,1-3H3. The highest BCUT2D eigenvalue weighted by Crippen LogP contribution is 2.26. The van der Waals surface area contributed by atoms with Crippen molar-refractivity contribution in [2.24, 2.45) is 5.92 Å². The average molecular weight is 173 g/mol. The molecule has 0 amide bonds. The van der Waals surface area contributed by atoms with Crippen LogP contribution >= 0.6 is 11.8 Å². The summed E-state index contributed by atoms with van der Waals surface area (Å²) in [6.07, 6.45) is 4.96. The Labute approximate surface area is 74.3 Å². The van der Waals surface area contributed by atoms with Gasteiger partial charge in [-0.3, -0.25) is 0 Å². The first kappa shape index (κ1) is 9.40. The average Bonchev–Trinajstić information content (AvgIpc) is 1.95. The summed E-state index contributed by atoms with van der Waals surface area (Å²) in [6, 6.07) is 0.833. The topological polar surface area (TPSA) is 12.0 Å². The van der Waals surface area contributed by atoms with Crippen LogP contribution in [0, 0.1) is 5.92 Å². The molecule has 66 valence electrons. The van der Waals surface area contributed by atoms with E-state index in [-0.39, 0.29) is 0 Å². The predicted octanol–water partition coefficient (Wildman–Crippen LogP) is 2.13. The van der Waals surface area contributed by atoms with Crippen LogP contribution in [0.2, 0.25) is 0 Å². The molecule has 0 radical (unpaired) electrons. The molecule has 0 saturated heterocycles. The molecule has 1 fully saturated rings. The third kappa shape index (κ3) is 3.04. The lowest BCUT2D eigenvalue weighted by molar-refractivity contribution is 0.243. The number of thioether (sulfide) groups is 1. The van der Waals surface area contributed by atoms with E-state index in [2.05, 4.69) is 25.4 Å². The molecule has 0 heterocycles. The summed E-state index contributed by atoms with van der Waals surface area (Å²) in [5.74, 6) is 0.970. The van der Waals surface area contributed by atoms with Crippen LogP contribution in [0.4, 0.5) is 0 Å². The molecule has 0 aliphatic heterocycles. The second-order valence-electron chi connectivity index (χ2n) is 3.73. The molecule has 1 saturated carbocycles. The van der Waals surface area contributed by atoms with Crippen LogP contribution in [0.15, 0.2) is 0 Å². The zero-order chi connectivity index (χ0) is 8.27. The largest absolute Gasteiger partial charge is 0.313 e. The normalized spacial score (nSPS) is 33.0. The third-order valence-electron chi connectivity index (χ3n) is 2.47. The fraction of sp³-hybridized carbons (Fsp3) is 1.00. The first-order valence-corrected chi connectivity index (χ1v) is 5.77. The van der Waals surface area contributed by atoms with Crippen LogP contribution in [0.1, 0.15) is 26.7 Å². The van der Waals surface area contributed by atoms with Gasteiger partial charge in [-0.05, 0) is 25.0 Å². The summed E-state index contributed by atoms with van der Waals surface area (Å²) in [4.78, 5) is 0. The Balaban J connectivity index is 1.96. The lowest BCUT2D eigenvalue weighted by Crippen LogP contribution is -2.42. The van der Waals surface area contributed by atoms with Crippen LogP contribution in [0.25, 0.3) is 0 Å². The van der Waals surface area contributed by atoms with Gasteiger partial charge in [0.05, 0.1) is 0 Å². The first-order chi connectivity index (χ1) is 5.22. The lowest BCUT2D eigenvalue weighted by Gasteiger charge is -2.34. The molecular formula is C9H19NS. The van der Waals surface area contributed by atoms with E-state index in [1.54, 1.807) is 0 Å². The van der Waals surface area contributed by atoms with E-state index in [9.17, 15) is 0 Å². The van der Waals surface area contributed by atoms with Gasteiger partial charge in [-0.1, -0.05) is 13.8 Å². The Morgan fingerprint density at radius 2 is 2.18 bits per heavy atom. The maximum atomic E-state index is 3.58. The van der Waals surface area contributed by atoms with Crippen molar-refractivity contribution >= 4 is 11.8 Å². The minimum Gasteiger partial charge on any atom is -0.313 e. The third-order valence-corrected chi connectivity index (χ3v) is 3.44.